The van der Waals surface area contributed by atoms with Crippen LogP contribution < -0.4 is 0 Å². The van der Waals surface area contributed by atoms with Crippen LogP contribution in [0.5, 0.6) is 0 Å². The third kappa shape index (κ3) is 4.03. The van der Waals surface area contributed by atoms with E-state index in [0.717, 1.165) is 32.4 Å². The molecule has 7 nitrogen and oxygen atoms in total. The predicted octanol–water partition coefficient (Wildman–Crippen LogP) is 2.69. The summed E-state index contributed by atoms with van der Waals surface area (Å²) in [4.78, 5) is 15.0. The minimum atomic E-state index is -3.52. The molecule has 2 aliphatic heterocycles. The van der Waals surface area contributed by atoms with Crippen LogP contribution in [-0.2, 0) is 21.4 Å². The van der Waals surface area contributed by atoms with Gasteiger partial charge in [0, 0.05) is 38.5 Å². The number of hydrogen-bond acceptors (Lipinski definition) is 4. The number of carbonyl (C=O) groups is 1. The summed E-state index contributed by atoms with van der Waals surface area (Å²) < 4.78 is 29.2. The topological polar surface area (TPSA) is 75.5 Å². The van der Waals surface area contributed by atoms with Gasteiger partial charge in [-0.2, -0.15) is 9.40 Å². The lowest BCUT2D eigenvalue weighted by molar-refractivity contribution is -0.130. The van der Waals surface area contributed by atoms with Gasteiger partial charge in [0.15, 0.2) is 0 Å². The van der Waals surface area contributed by atoms with Crippen LogP contribution in [0, 0.1) is 13.8 Å². The van der Waals surface area contributed by atoms with E-state index in [1.807, 2.05) is 23.1 Å². The lowest BCUT2D eigenvalue weighted by Gasteiger charge is -2.17. The smallest absolute Gasteiger partial charge is 0.246 e. The third-order valence-corrected chi connectivity index (χ3v) is 8.48. The molecule has 0 unspecified atom stereocenters. The molecule has 2 fully saturated rings. The molecular formula is C22H30N4O3S. The van der Waals surface area contributed by atoms with E-state index < -0.39 is 10.0 Å². The van der Waals surface area contributed by atoms with E-state index in [0.29, 0.717) is 48.3 Å². The van der Waals surface area contributed by atoms with Gasteiger partial charge >= 0.3 is 0 Å². The van der Waals surface area contributed by atoms with Crippen molar-refractivity contribution in [1.29, 1.82) is 0 Å². The van der Waals surface area contributed by atoms with E-state index in [2.05, 4.69) is 17.2 Å². The summed E-state index contributed by atoms with van der Waals surface area (Å²) in [5, 5.41) is 4.45. The van der Waals surface area contributed by atoms with Gasteiger partial charge in [-0.25, -0.2) is 8.42 Å². The monoisotopic (exact) mass is 430 g/mol. The second-order valence-electron chi connectivity index (χ2n) is 8.32. The average molecular weight is 431 g/mol. The maximum absolute atomic E-state index is 13.0. The van der Waals surface area contributed by atoms with Crippen molar-refractivity contribution in [3.05, 3.63) is 47.3 Å². The molecule has 4 rings (SSSR count). The molecule has 30 heavy (non-hydrogen) atoms. The lowest BCUT2D eigenvalue weighted by Crippen LogP contribution is -2.29. The summed E-state index contributed by atoms with van der Waals surface area (Å²) in [5.74, 6) is 0.492. The minimum absolute atomic E-state index is 0.102. The van der Waals surface area contributed by atoms with Crippen LogP contribution in [0.15, 0.2) is 35.2 Å². The Kier molecular flexibility index (Phi) is 5.97. The predicted molar refractivity (Wildman–Crippen MR) is 115 cm³/mol. The van der Waals surface area contributed by atoms with Gasteiger partial charge in [-0.1, -0.05) is 30.3 Å². The van der Waals surface area contributed by atoms with Gasteiger partial charge in [0.25, 0.3) is 0 Å². The van der Waals surface area contributed by atoms with Crippen molar-refractivity contribution in [2.24, 2.45) is 0 Å². The molecule has 162 valence electrons. The van der Waals surface area contributed by atoms with Crippen molar-refractivity contribution >= 4 is 15.9 Å². The highest BCUT2D eigenvalue weighted by Crippen LogP contribution is 2.28. The summed E-state index contributed by atoms with van der Waals surface area (Å²) in [5.41, 5.74) is 2.41. The SMILES string of the molecule is Cc1nn(CCC(=O)N2CC[C@@H](c3ccccc3)C2)c(C)c1S(=O)(=O)N1CCCC1. The fraction of sp³-hybridized carbons (Fsp3) is 0.545. The standard InChI is InChI=1S/C22H30N4O3S/c1-17-22(30(28,29)25-12-6-7-13-25)18(2)26(23-17)15-11-21(27)24-14-10-20(16-24)19-8-4-3-5-9-19/h3-5,8-9,20H,6-7,10-16H2,1-2H3/t20-/m1/s1. The number of benzene rings is 1. The second-order valence-corrected chi connectivity index (χ2v) is 10.2. The highest BCUT2D eigenvalue weighted by Gasteiger charge is 2.33. The quantitative estimate of drug-likeness (QED) is 0.706. The largest absolute Gasteiger partial charge is 0.342 e. The fourth-order valence-corrected chi connectivity index (χ4v) is 6.56. The molecule has 8 heteroatoms. The van der Waals surface area contributed by atoms with Gasteiger partial charge in [-0.05, 0) is 38.7 Å². The molecule has 2 aliphatic rings. The molecule has 0 spiro atoms. The second kappa shape index (κ2) is 8.51. The minimum Gasteiger partial charge on any atom is -0.342 e. The first-order valence-corrected chi connectivity index (χ1v) is 12.2. The molecule has 0 saturated carbocycles. The molecule has 1 aromatic carbocycles. The maximum atomic E-state index is 13.0. The van der Waals surface area contributed by atoms with E-state index in [1.54, 1.807) is 22.8 Å². The summed E-state index contributed by atoms with van der Waals surface area (Å²) >= 11 is 0. The van der Waals surface area contributed by atoms with E-state index in [-0.39, 0.29) is 5.91 Å². The van der Waals surface area contributed by atoms with Gasteiger partial charge < -0.3 is 4.90 Å². The summed E-state index contributed by atoms with van der Waals surface area (Å²) in [6.45, 7) is 6.57. The molecule has 2 saturated heterocycles. The van der Waals surface area contributed by atoms with Crippen molar-refractivity contribution in [2.45, 2.75) is 56.9 Å². The Bertz CT molecular complexity index is 1010. The highest BCUT2D eigenvalue weighted by atomic mass is 32.2. The molecule has 1 amide bonds. The van der Waals surface area contributed by atoms with E-state index in [4.69, 9.17) is 0 Å². The summed E-state index contributed by atoms with van der Waals surface area (Å²) in [6, 6.07) is 10.3. The van der Waals surface area contributed by atoms with E-state index in [1.165, 1.54) is 5.56 Å². The summed E-state index contributed by atoms with van der Waals surface area (Å²) in [7, 11) is -3.52. The molecule has 0 aliphatic carbocycles. The number of carbonyl (C=O) groups excluding carboxylic acids is 1. The molecule has 0 bridgehead atoms. The van der Waals surface area contributed by atoms with Crippen LogP contribution in [0.3, 0.4) is 0 Å². The molecule has 2 aromatic rings. The number of hydrogen-bond donors (Lipinski definition) is 0. The molecular weight excluding hydrogens is 400 g/mol. The van der Waals surface area contributed by atoms with Crippen LogP contribution in [0.1, 0.15) is 48.6 Å². The maximum Gasteiger partial charge on any atom is 0.246 e. The molecule has 3 heterocycles. The van der Waals surface area contributed by atoms with Crippen molar-refractivity contribution < 1.29 is 13.2 Å². The number of likely N-dealkylation sites (tertiary alicyclic amines) is 1. The summed E-state index contributed by atoms with van der Waals surface area (Å²) in [6.07, 6.45) is 3.11. The van der Waals surface area contributed by atoms with Crippen LogP contribution in [-0.4, -0.2) is 59.5 Å². The Morgan fingerprint density at radius 1 is 1.10 bits per heavy atom. The fourth-order valence-electron chi connectivity index (χ4n) is 4.67. The highest BCUT2D eigenvalue weighted by molar-refractivity contribution is 7.89. The Morgan fingerprint density at radius 3 is 2.50 bits per heavy atom. The zero-order chi connectivity index (χ0) is 21.3. The van der Waals surface area contributed by atoms with Crippen molar-refractivity contribution in [2.75, 3.05) is 26.2 Å². The van der Waals surface area contributed by atoms with E-state index >= 15 is 0 Å². The number of sulfonamides is 1. The van der Waals surface area contributed by atoms with Crippen LogP contribution >= 0.6 is 0 Å². The number of nitrogens with zero attached hydrogens (tertiary/aromatic N) is 4. The Balaban J connectivity index is 1.40. The third-order valence-electron chi connectivity index (χ3n) is 6.33. The first-order valence-electron chi connectivity index (χ1n) is 10.7. The lowest BCUT2D eigenvalue weighted by atomic mass is 9.99. The molecule has 1 aromatic heterocycles. The number of rotatable bonds is 6. The van der Waals surface area contributed by atoms with Crippen molar-refractivity contribution in [3.8, 4) is 0 Å². The molecule has 1 atom stereocenters. The van der Waals surface area contributed by atoms with Crippen LogP contribution in [0.4, 0.5) is 0 Å². The number of aromatic nitrogens is 2. The Hall–Kier alpha value is -2.19. The van der Waals surface area contributed by atoms with E-state index in [9.17, 15) is 13.2 Å². The first kappa shape index (κ1) is 21.1. The van der Waals surface area contributed by atoms with Gasteiger partial charge in [0.05, 0.1) is 17.9 Å². The van der Waals surface area contributed by atoms with Gasteiger partial charge in [-0.15, -0.1) is 0 Å². The molecule has 0 N–H and O–H groups in total. The first-order chi connectivity index (χ1) is 14.4. The van der Waals surface area contributed by atoms with Gasteiger partial charge in [0.2, 0.25) is 15.9 Å². The van der Waals surface area contributed by atoms with Crippen molar-refractivity contribution in [1.82, 2.24) is 19.0 Å². The normalized spacial score (nSPS) is 20.2. The van der Waals surface area contributed by atoms with Crippen LogP contribution in [0.25, 0.3) is 0 Å². The van der Waals surface area contributed by atoms with Crippen molar-refractivity contribution in [3.63, 3.8) is 0 Å². The zero-order valence-electron chi connectivity index (χ0n) is 17.7. The zero-order valence-corrected chi connectivity index (χ0v) is 18.6. The Morgan fingerprint density at radius 2 is 1.80 bits per heavy atom. The van der Waals surface area contributed by atoms with Gasteiger partial charge in [-0.3, -0.25) is 9.48 Å². The van der Waals surface area contributed by atoms with Gasteiger partial charge in [0.1, 0.15) is 4.90 Å². The van der Waals surface area contributed by atoms with Crippen LogP contribution in [0.2, 0.25) is 0 Å². The number of aryl methyl sites for hydroxylation is 2. The number of amides is 1. The Labute approximate surface area is 178 Å². The average Bonchev–Trinajstić information content (AvgIpc) is 3.48. The molecule has 0 radical (unpaired) electrons.